The van der Waals surface area contributed by atoms with E-state index >= 15 is 0 Å². The first-order chi connectivity index (χ1) is 14.1. The number of benzene rings is 2. The first kappa shape index (κ1) is 22.6. The van der Waals surface area contributed by atoms with Crippen molar-refractivity contribution in [3.05, 3.63) is 53.6 Å². The molecule has 0 unspecified atom stereocenters. The largest absolute Gasteiger partial charge is 0.478 e. The first-order valence-electron chi connectivity index (χ1n) is 9.63. The number of anilines is 1. The van der Waals surface area contributed by atoms with Gasteiger partial charge in [-0.2, -0.15) is 4.31 Å². The quantitative estimate of drug-likeness (QED) is 0.730. The SMILES string of the molecule is CN1CCN(S(=O)(=O)c2cccc(NC(=O)C(C)(C)Oc3ccc(Cl)cc3)c2)CC1. The van der Waals surface area contributed by atoms with Crippen molar-refractivity contribution in [2.24, 2.45) is 0 Å². The van der Waals surface area contributed by atoms with Gasteiger partial charge in [0.05, 0.1) is 4.90 Å². The Balaban J connectivity index is 1.72. The third-order valence-corrected chi connectivity index (χ3v) is 7.07. The van der Waals surface area contributed by atoms with Gasteiger partial charge < -0.3 is 15.0 Å². The molecule has 7 nitrogen and oxygen atoms in total. The third-order valence-electron chi connectivity index (χ3n) is 4.93. The van der Waals surface area contributed by atoms with Crippen LogP contribution in [0.3, 0.4) is 0 Å². The summed E-state index contributed by atoms with van der Waals surface area (Å²) in [5.74, 6) is 0.109. The average molecular weight is 452 g/mol. The Kier molecular flexibility index (Phi) is 6.71. The molecular formula is C21H26ClN3O4S. The zero-order valence-corrected chi connectivity index (χ0v) is 18.8. The maximum atomic E-state index is 13.0. The van der Waals surface area contributed by atoms with E-state index in [2.05, 4.69) is 10.2 Å². The molecule has 1 amide bonds. The summed E-state index contributed by atoms with van der Waals surface area (Å²) in [6.45, 7) is 5.54. The Bertz CT molecular complexity index is 1000. The Morgan fingerprint density at radius 2 is 1.70 bits per heavy atom. The van der Waals surface area contributed by atoms with Crippen LogP contribution < -0.4 is 10.1 Å². The van der Waals surface area contributed by atoms with Crippen LogP contribution in [-0.2, 0) is 14.8 Å². The Morgan fingerprint density at radius 1 is 1.07 bits per heavy atom. The van der Waals surface area contributed by atoms with Crippen LogP contribution in [0.1, 0.15) is 13.8 Å². The molecule has 1 aliphatic heterocycles. The number of hydrogen-bond donors (Lipinski definition) is 1. The van der Waals surface area contributed by atoms with Crippen molar-refractivity contribution in [1.29, 1.82) is 0 Å². The number of piperazine rings is 1. The van der Waals surface area contributed by atoms with E-state index in [1.807, 2.05) is 7.05 Å². The van der Waals surface area contributed by atoms with Gasteiger partial charge in [-0.15, -0.1) is 0 Å². The summed E-state index contributed by atoms with van der Waals surface area (Å²) in [5.41, 5.74) is -0.789. The molecular weight excluding hydrogens is 426 g/mol. The van der Waals surface area contributed by atoms with Gasteiger partial charge in [-0.25, -0.2) is 8.42 Å². The number of halogens is 1. The number of nitrogens with zero attached hydrogens (tertiary/aromatic N) is 2. The number of carbonyl (C=O) groups excluding carboxylic acids is 1. The molecule has 0 aromatic heterocycles. The molecule has 0 radical (unpaired) electrons. The number of nitrogens with one attached hydrogen (secondary N) is 1. The van der Waals surface area contributed by atoms with Gasteiger partial charge in [-0.1, -0.05) is 17.7 Å². The van der Waals surface area contributed by atoms with Crippen LogP contribution in [0, 0.1) is 0 Å². The van der Waals surface area contributed by atoms with Crippen molar-refractivity contribution in [1.82, 2.24) is 9.21 Å². The van der Waals surface area contributed by atoms with Crippen LogP contribution in [0.15, 0.2) is 53.4 Å². The average Bonchev–Trinajstić information content (AvgIpc) is 2.70. The van der Waals surface area contributed by atoms with Crippen molar-refractivity contribution < 1.29 is 17.9 Å². The molecule has 0 aliphatic carbocycles. The van der Waals surface area contributed by atoms with Gasteiger partial charge in [0.1, 0.15) is 5.75 Å². The lowest BCUT2D eigenvalue weighted by Crippen LogP contribution is -2.47. The fourth-order valence-electron chi connectivity index (χ4n) is 3.04. The zero-order chi connectivity index (χ0) is 21.9. The van der Waals surface area contributed by atoms with E-state index in [-0.39, 0.29) is 4.90 Å². The minimum atomic E-state index is -3.62. The molecule has 1 fully saturated rings. The molecule has 0 spiro atoms. The van der Waals surface area contributed by atoms with Crippen LogP contribution in [0.5, 0.6) is 5.75 Å². The second-order valence-electron chi connectivity index (χ2n) is 7.76. The first-order valence-corrected chi connectivity index (χ1v) is 11.4. The van der Waals surface area contributed by atoms with E-state index in [9.17, 15) is 13.2 Å². The number of hydrogen-bond acceptors (Lipinski definition) is 5. The maximum Gasteiger partial charge on any atom is 0.267 e. The lowest BCUT2D eigenvalue weighted by molar-refractivity contribution is -0.128. The van der Waals surface area contributed by atoms with Gasteiger partial charge in [-0.05, 0) is 63.4 Å². The lowest BCUT2D eigenvalue weighted by atomic mass is 10.1. The van der Waals surface area contributed by atoms with E-state index in [0.29, 0.717) is 42.6 Å². The van der Waals surface area contributed by atoms with Crippen LogP contribution in [-0.4, -0.2) is 62.4 Å². The molecule has 3 rings (SSSR count). The van der Waals surface area contributed by atoms with E-state index in [1.165, 1.54) is 10.4 Å². The van der Waals surface area contributed by atoms with E-state index < -0.39 is 21.5 Å². The van der Waals surface area contributed by atoms with Crippen molar-refractivity contribution >= 4 is 33.2 Å². The summed E-state index contributed by atoms with van der Waals surface area (Å²) in [6, 6.07) is 13.0. The molecule has 2 aromatic rings. The van der Waals surface area contributed by atoms with Gasteiger partial charge in [0.25, 0.3) is 5.91 Å². The maximum absolute atomic E-state index is 13.0. The summed E-state index contributed by atoms with van der Waals surface area (Å²) in [6.07, 6.45) is 0. The van der Waals surface area contributed by atoms with Gasteiger partial charge >= 0.3 is 0 Å². The Labute approximate surface area is 182 Å². The monoisotopic (exact) mass is 451 g/mol. The molecule has 1 saturated heterocycles. The minimum absolute atomic E-state index is 0.154. The fraction of sp³-hybridized carbons (Fsp3) is 0.381. The number of rotatable bonds is 6. The van der Waals surface area contributed by atoms with E-state index in [4.69, 9.17) is 16.3 Å². The van der Waals surface area contributed by atoms with Crippen LogP contribution in [0.4, 0.5) is 5.69 Å². The fourth-order valence-corrected chi connectivity index (χ4v) is 4.63. The minimum Gasteiger partial charge on any atom is -0.478 e. The van der Waals surface area contributed by atoms with Gasteiger partial charge in [0, 0.05) is 36.9 Å². The molecule has 0 saturated carbocycles. The Morgan fingerprint density at radius 3 is 2.33 bits per heavy atom. The standard InChI is InChI=1S/C21H26ClN3O4S/c1-21(2,29-18-9-7-16(22)8-10-18)20(26)23-17-5-4-6-19(15-17)30(27,28)25-13-11-24(3)12-14-25/h4-10,15H,11-14H2,1-3H3,(H,23,26). The molecule has 0 atom stereocenters. The molecule has 0 bridgehead atoms. The van der Waals surface area contributed by atoms with Crippen molar-refractivity contribution in [2.75, 3.05) is 38.5 Å². The van der Waals surface area contributed by atoms with Crippen LogP contribution in [0.25, 0.3) is 0 Å². The highest BCUT2D eigenvalue weighted by Crippen LogP contribution is 2.24. The lowest BCUT2D eigenvalue weighted by Gasteiger charge is -2.31. The number of amides is 1. The summed E-state index contributed by atoms with van der Waals surface area (Å²) < 4.78 is 33.2. The summed E-state index contributed by atoms with van der Waals surface area (Å²) >= 11 is 5.88. The molecule has 30 heavy (non-hydrogen) atoms. The van der Waals surface area contributed by atoms with E-state index in [1.54, 1.807) is 56.3 Å². The summed E-state index contributed by atoms with van der Waals surface area (Å²) in [7, 11) is -1.65. The van der Waals surface area contributed by atoms with Crippen molar-refractivity contribution in [2.45, 2.75) is 24.3 Å². The zero-order valence-electron chi connectivity index (χ0n) is 17.3. The number of sulfonamides is 1. The van der Waals surface area contributed by atoms with Crippen LogP contribution >= 0.6 is 11.6 Å². The summed E-state index contributed by atoms with van der Waals surface area (Å²) in [4.78, 5) is 15.0. The smallest absolute Gasteiger partial charge is 0.267 e. The molecule has 1 N–H and O–H groups in total. The number of likely N-dealkylation sites (N-methyl/N-ethyl adjacent to an activating group) is 1. The predicted octanol–water partition coefficient (Wildman–Crippen LogP) is 3.07. The highest BCUT2D eigenvalue weighted by Gasteiger charge is 2.31. The highest BCUT2D eigenvalue weighted by atomic mass is 35.5. The second-order valence-corrected chi connectivity index (χ2v) is 10.1. The molecule has 162 valence electrons. The van der Waals surface area contributed by atoms with Gasteiger partial charge in [0.15, 0.2) is 5.60 Å². The highest BCUT2D eigenvalue weighted by molar-refractivity contribution is 7.89. The summed E-state index contributed by atoms with van der Waals surface area (Å²) in [5, 5.41) is 3.33. The van der Waals surface area contributed by atoms with E-state index in [0.717, 1.165) is 0 Å². The van der Waals surface area contributed by atoms with Gasteiger partial charge in [-0.3, -0.25) is 4.79 Å². The second kappa shape index (κ2) is 8.93. The third kappa shape index (κ3) is 5.31. The molecule has 1 aliphatic rings. The van der Waals surface area contributed by atoms with Gasteiger partial charge in [0.2, 0.25) is 10.0 Å². The predicted molar refractivity (Wildman–Crippen MR) is 117 cm³/mol. The Hall–Kier alpha value is -2.13. The molecule has 2 aromatic carbocycles. The number of ether oxygens (including phenoxy) is 1. The number of carbonyl (C=O) groups is 1. The topological polar surface area (TPSA) is 79.0 Å². The molecule has 1 heterocycles. The van der Waals surface area contributed by atoms with Crippen molar-refractivity contribution in [3.63, 3.8) is 0 Å². The van der Waals surface area contributed by atoms with Crippen molar-refractivity contribution in [3.8, 4) is 5.75 Å². The van der Waals surface area contributed by atoms with Crippen LogP contribution in [0.2, 0.25) is 5.02 Å². The molecule has 9 heteroatoms. The normalized spacial score (nSPS) is 16.3.